The Morgan fingerprint density at radius 1 is 1.43 bits per heavy atom. The van der Waals surface area contributed by atoms with E-state index < -0.39 is 0 Å². The van der Waals surface area contributed by atoms with E-state index in [0.717, 1.165) is 11.3 Å². The van der Waals surface area contributed by atoms with Crippen molar-refractivity contribution in [2.45, 2.75) is 33.6 Å². The van der Waals surface area contributed by atoms with Crippen LogP contribution >= 0.6 is 0 Å². The third-order valence-electron chi connectivity index (χ3n) is 2.01. The molecular weight excluding hydrogens is 174 g/mol. The summed E-state index contributed by atoms with van der Waals surface area (Å²) in [5.74, 6) is 0.742. The van der Waals surface area contributed by atoms with Crippen LogP contribution in [0, 0.1) is 12.8 Å². The maximum atomic E-state index is 11.5. The van der Waals surface area contributed by atoms with Gasteiger partial charge >= 0.3 is 0 Å². The Kier molecular flexibility index (Phi) is 3.81. The predicted molar refractivity (Wildman–Crippen MR) is 57.1 cm³/mol. The number of carbonyl (C=O) groups excluding carboxylic acids is 1. The standard InChI is InChI=1S/C12H17NO/c1-9(2)6-12(14)7-11-5-4-10(3)13-8-11/h4-5,8-9H,6-7H2,1-3H3. The van der Waals surface area contributed by atoms with Gasteiger partial charge in [0, 0.05) is 24.7 Å². The molecule has 0 aliphatic carbocycles. The molecule has 0 atom stereocenters. The van der Waals surface area contributed by atoms with Gasteiger partial charge in [0.15, 0.2) is 0 Å². The molecule has 0 aromatic carbocycles. The lowest BCUT2D eigenvalue weighted by Crippen LogP contribution is -2.06. The van der Waals surface area contributed by atoms with E-state index in [4.69, 9.17) is 0 Å². The molecule has 0 aliphatic heterocycles. The number of pyridine rings is 1. The predicted octanol–water partition coefficient (Wildman–Crippen LogP) is 2.55. The Bertz CT molecular complexity index is 301. The summed E-state index contributed by atoms with van der Waals surface area (Å²) >= 11 is 0. The van der Waals surface area contributed by atoms with E-state index in [1.165, 1.54) is 0 Å². The molecule has 1 aromatic heterocycles. The van der Waals surface area contributed by atoms with Crippen molar-refractivity contribution in [3.8, 4) is 0 Å². The summed E-state index contributed by atoms with van der Waals surface area (Å²) in [7, 11) is 0. The average Bonchev–Trinajstić information content (AvgIpc) is 2.07. The molecule has 0 aliphatic rings. The Hall–Kier alpha value is -1.18. The first-order valence-corrected chi connectivity index (χ1v) is 5.01. The number of Topliss-reactive ketones (excluding diaryl/α,β-unsaturated/α-hetero) is 1. The van der Waals surface area contributed by atoms with Gasteiger partial charge in [-0.1, -0.05) is 19.9 Å². The summed E-state index contributed by atoms with van der Waals surface area (Å²) in [6, 6.07) is 3.92. The van der Waals surface area contributed by atoms with Crippen LogP contribution in [0.2, 0.25) is 0 Å². The summed E-state index contributed by atoms with van der Waals surface area (Å²) < 4.78 is 0. The first kappa shape index (κ1) is 10.9. The molecule has 1 rings (SSSR count). The Balaban J connectivity index is 2.52. The quantitative estimate of drug-likeness (QED) is 0.732. The number of aromatic nitrogens is 1. The SMILES string of the molecule is Cc1ccc(CC(=O)CC(C)C)cn1. The molecule has 2 heteroatoms. The van der Waals surface area contributed by atoms with Crippen LogP contribution in [-0.4, -0.2) is 10.8 Å². The fourth-order valence-corrected chi connectivity index (χ4v) is 1.36. The van der Waals surface area contributed by atoms with Gasteiger partial charge in [0.2, 0.25) is 0 Å². The second-order valence-electron chi connectivity index (χ2n) is 4.12. The first-order valence-electron chi connectivity index (χ1n) is 5.01. The number of aryl methyl sites for hydroxylation is 1. The third kappa shape index (κ3) is 3.69. The molecule has 0 radical (unpaired) electrons. The molecule has 0 unspecified atom stereocenters. The van der Waals surface area contributed by atoms with Crippen LogP contribution in [-0.2, 0) is 11.2 Å². The van der Waals surface area contributed by atoms with Gasteiger partial charge in [0.25, 0.3) is 0 Å². The molecule has 0 saturated carbocycles. The van der Waals surface area contributed by atoms with Gasteiger partial charge in [-0.05, 0) is 24.5 Å². The highest BCUT2D eigenvalue weighted by Crippen LogP contribution is 2.06. The fraction of sp³-hybridized carbons (Fsp3) is 0.500. The minimum Gasteiger partial charge on any atom is -0.299 e. The van der Waals surface area contributed by atoms with E-state index in [2.05, 4.69) is 18.8 Å². The van der Waals surface area contributed by atoms with Crippen LogP contribution in [0.5, 0.6) is 0 Å². The van der Waals surface area contributed by atoms with Crippen molar-refractivity contribution >= 4 is 5.78 Å². The zero-order chi connectivity index (χ0) is 10.6. The molecule has 1 aromatic rings. The number of hydrogen-bond acceptors (Lipinski definition) is 2. The summed E-state index contributed by atoms with van der Waals surface area (Å²) in [6.45, 7) is 6.07. The Labute approximate surface area is 85.4 Å². The Morgan fingerprint density at radius 3 is 2.64 bits per heavy atom. The molecule has 2 nitrogen and oxygen atoms in total. The van der Waals surface area contributed by atoms with Gasteiger partial charge in [-0.15, -0.1) is 0 Å². The van der Waals surface area contributed by atoms with Crippen molar-refractivity contribution in [3.63, 3.8) is 0 Å². The van der Waals surface area contributed by atoms with Gasteiger partial charge < -0.3 is 0 Å². The zero-order valence-electron chi connectivity index (χ0n) is 9.08. The molecule has 76 valence electrons. The lowest BCUT2D eigenvalue weighted by Gasteiger charge is -2.03. The van der Waals surface area contributed by atoms with Crippen LogP contribution in [0.4, 0.5) is 0 Å². The van der Waals surface area contributed by atoms with Crippen molar-refractivity contribution in [1.29, 1.82) is 0 Å². The number of nitrogens with zero attached hydrogens (tertiary/aromatic N) is 1. The molecule has 14 heavy (non-hydrogen) atoms. The van der Waals surface area contributed by atoms with E-state index in [9.17, 15) is 4.79 Å². The number of carbonyl (C=O) groups is 1. The minimum absolute atomic E-state index is 0.297. The summed E-state index contributed by atoms with van der Waals surface area (Å²) in [5.41, 5.74) is 2.01. The van der Waals surface area contributed by atoms with Crippen LogP contribution < -0.4 is 0 Å². The topological polar surface area (TPSA) is 30.0 Å². The Morgan fingerprint density at radius 2 is 2.14 bits per heavy atom. The van der Waals surface area contributed by atoms with Gasteiger partial charge in [-0.25, -0.2) is 0 Å². The molecule has 0 saturated heterocycles. The second kappa shape index (κ2) is 4.89. The van der Waals surface area contributed by atoms with Crippen molar-refractivity contribution in [2.24, 2.45) is 5.92 Å². The molecule has 0 N–H and O–H groups in total. The monoisotopic (exact) mass is 191 g/mol. The number of hydrogen-bond donors (Lipinski definition) is 0. The lowest BCUT2D eigenvalue weighted by molar-refractivity contribution is -0.119. The highest BCUT2D eigenvalue weighted by Gasteiger charge is 2.06. The molecular formula is C12H17NO. The maximum absolute atomic E-state index is 11.5. The molecule has 0 bridgehead atoms. The highest BCUT2D eigenvalue weighted by atomic mass is 16.1. The summed E-state index contributed by atoms with van der Waals surface area (Å²) in [6.07, 6.45) is 2.97. The fourth-order valence-electron chi connectivity index (χ4n) is 1.36. The average molecular weight is 191 g/mol. The number of ketones is 1. The normalized spacial score (nSPS) is 10.6. The first-order chi connectivity index (χ1) is 6.58. The van der Waals surface area contributed by atoms with Crippen LogP contribution in [0.15, 0.2) is 18.3 Å². The maximum Gasteiger partial charge on any atom is 0.137 e. The molecule has 1 heterocycles. The van der Waals surface area contributed by atoms with Gasteiger partial charge in [0.05, 0.1) is 0 Å². The van der Waals surface area contributed by atoms with Crippen molar-refractivity contribution in [3.05, 3.63) is 29.6 Å². The van der Waals surface area contributed by atoms with Gasteiger partial charge in [-0.2, -0.15) is 0 Å². The summed E-state index contributed by atoms with van der Waals surface area (Å²) in [4.78, 5) is 15.6. The molecule has 0 amide bonds. The number of rotatable bonds is 4. The van der Waals surface area contributed by atoms with E-state index >= 15 is 0 Å². The van der Waals surface area contributed by atoms with Gasteiger partial charge in [0.1, 0.15) is 5.78 Å². The highest BCUT2D eigenvalue weighted by molar-refractivity contribution is 5.80. The second-order valence-corrected chi connectivity index (χ2v) is 4.12. The van der Waals surface area contributed by atoms with E-state index in [1.54, 1.807) is 6.20 Å². The largest absolute Gasteiger partial charge is 0.299 e. The van der Waals surface area contributed by atoms with Crippen molar-refractivity contribution in [2.75, 3.05) is 0 Å². The lowest BCUT2D eigenvalue weighted by atomic mass is 10.0. The van der Waals surface area contributed by atoms with E-state index in [-0.39, 0.29) is 0 Å². The van der Waals surface area contributed by atoms with E-state index in [0.29, 0.717) is 24.5 Å². The molecule has 0 spiro atoms. The zero-order valence-corrected chi connectivity index (χ0v) is 9.08. The van der Waals surface area contributed by atoms with Crippen LogP contribution in [0.1, 0.15) is 31.5 Å². The van der Waals surface area contributed by atoms with Crippen LogP contribution in [0.3, 0.4) is 0 Å². The van der Waals surface area contributed by atoms with Crippen LogP contribution in [0.25, 0.3) is 0 Å². The minimum atomic E-state index is 0.297. The summed E-state index contributed by atoms with van der Waals surface area (Å²) in [5, 5.41) is 0. The van der Waals surface area contributed by atoms with E-state index in [1.807, 2.05) is 19.1 Å². The molecule has 0 fully saturated rings. The van der Waals surface area contributed by atoms with Crippen molar-refractivity contribution in [1.82, 2.24) is 4.98 Å². The smallest absolute Gasteiger partial charge is 0.137 e. The third-order valence-corrected chi connectivity index (χ3v) is 2.01. The van der Waals surface area contributed by atoms with Crippen molar-refractivity contribution < 1.29 is 4.79 Å². The van der Waals surface area contributed by atoms with Gasteiger partial charge in [-0.3, -0.25) is 9.78 Å².